The Kier molecular flexibility index (Phi) is 6.05. The van der Waals surface area contributed by atoms with E-state index in [4.69, 9.17) is 0 Å². The zero-order valence-electron chi connectivity index (χ0n) is 12.3. The van der Waals surface area contributed by atoms with Crippen LogP contribution in [-0.2, 0) is 11.3 Å². The molecule has 0 aliphatic carbocycles. The van der Waals surface area contributed by atoms with Crippen LogP contribution in [0.4, 0.5) is 0 Å². The third kappa shape index (κ3) is 5.33. The lowest BCUT2D eigenvalue weighted by Gasteiger charge is -2.22. The second kappa shape index (κ2) is 8.04. The van der Waals surface area contributed by atoms with Gasteiger partial charge in [-0.25, -0.2) is 4.98 Å². The fraction of sp³-hybridized carbons (Fsp3) is 0.733. The summed E-state index contributed by atoms with van der Waals surface area (Å²) in [7, 11) is 0. The van der Waals surface area contributed by atoms with Crippen LogP contribution in [0.2, 0.25) is 0 Å². The summed E-state index contributed by atoms with van der Waals surface area (Å²) < 4.78 is 2.05. The van der Waals surface area contributed by atoms with E-state index in [1.54, 1.807) is 6.20 Å². The van der Waals surface area contributed by atoms with Crippen molar-refractivity contribution in [1.82, 2.24) is 20.2 Å². The molecule has 0 spiro atoms. The van der Waals surface area contributed by atoms with Crippen molar-refractivity contribution in [2.75, 3.05) is 19.6 Å². The molecular weight excluding hydrogens is 252 g/mol. The number of carbonyl (C=O) groups excluding carboxylic acids is 1. The van der Waals surface area contributed by atoms with Gasteiger partial charge in [0.2, 0.25) is 5.91 Å². The molecule has 2 rings (SSSR count). The molecule has 5 heteroatoms. The first kappa shape index (κ1) is 15.0. The molecule has 1 aromatic heterocycles. The lowest BCUT2D eigenvalue weighted by molar-refractivity contribution is -0.121. The molecule has 0 bridgehead atoms. The lowest BCUT2D eigenvalue weighted by Crippen LogP contribution is -2.31. The molecule has 1 aliphatic heterocycles. The molecule has 1 unspecified atom stereocenters. The SMILES string of the molecule is CC(CNC(=O)CCC1CCNCC1)Cn1ccnc1. The van der Waals surface area contributed by atoms with Crippen LogP contribution in [0.1, 0.15) is 32.6 Å². The molecule has 1 aliphatic rings. The molecule has 1 aromatic rings. The molecule has 1 atom stereocenters. The smallest absolute Gasteiger partial charge is 0.220 e. The molecule has 0 radical (unpaired) electrons. The highest BCUT2D eigenvalue weighted by Crippen LogP contribution is 2.17. The van der Waals surface area contributed by atoms with Gasteiger partial charge in [-0.3, -0.25) is 4.79 Å². The minimum atomic E-state index is 0.195. The van der Waals surface area contributed by atoms with Gasteiger partial charge in [0.1, 0.15) is 0 Å². The van der Waals surface area contributed by atoms with Gasteiger partial charge in [0.25, 0.3) is 0 Å². The number of rotatable bonds is 7. The molecule has 1 fully saturated rings. The summed E-state index contributed by atoms with van der Waals surface area (Å²) in [4.78, 5) is 15.9. The van der Waals surface area contributed by atoms with E-state index in [0.29, 0.717) is 12.3 Å². The van der Waals surface area contributed by atoms with Crippen LogP contribution in [0.15, 0.2) is 18.7 Å². The number of amides is 1. The second-order valence-corrected chi connectivity index (χ2v) is 5.90. The normalized spacial score (nSPS) is 17.9. The van der Waals surface area contributed by atoms with Crippen LogP contribution >= 0.6 is 0 Å². The quantitative estimate of drug-likeness (QED) is 0.793. The van der Waals surface area contributed by atoms with Gasteiger partial charge in [-0.2, -0.15) is 0 Å². The predicted molar refractivity (Wildman–Crippen MR) is 79.2 cm³/mol. The zero-order valence-corrected chi connectivity index (χ0v) is 12.3. The van der Waals surface area contributed by atoms with Crippen LogP contribution in [0, 0.1) is 11.8 Å². The molecule has 5 nitrogen and oxygen atoms in total. The predicted octanol–water partition coefficient (Wildman–Crippen LogP) is 1.42. The molecule has 1 saturated heterocycles. The summed E-state index contributed by atoms with van der Waals surface area (Å²) in [5, 5.41) is 6.40. The highest BCUT2D eigenvalue weighted by Gasteiger charge is 2.14. The van der Waals surface area contributed by atoms with Crippen LogP contribution in [0.3, 0.4) is 0 Å². The average molecular weight is 278 g/mol. The van der Waals surface area contributed by atoms with Crippen molar-refractivity contribution >= 4 is 5.91 Å². The molecule has 0 saturated carbocycles. The topological polar surface area (TPSA) is 59.0 Å². The number of imidazole rings is 1. The third-order valence-corrected chi connectivity index (χ3v) is 3.97. The van der Waals surface area contributed by atoms with E-state index in [2.05, 4.69) is 22.5 Å². The lowest BCUT2D eigenvalue weighted by atomic mass is 9.93. The Labute approximate surface area is 121 Å². The maximum Gasteiger partial charge on any atom is 0.220 e. The van der Waals surface area contributed by atoms with Crippen molar-refractivity contribution in [3.05, 3.63) is 18.7 Å². The van der Waals surface area contributed by atoms with E-state index in [-0.39, 0.29) is 5.91 Å². The molecule has 20 heavy (non-hydrogen) atoms. The van der Waals surface area contributed by atoms with Gasteiger partial charge in [-0.05, 0) is 44.2 Å². The van der Waals surface area contributed by atoms with Gasteiger partial charge >= 0.3 is 0 Å². The minimum Gasteiger partial charge on any atom is -0.356 e. The Morgan fingerprint density at radius 1 is 1.50 bits per heavy atom. The molecular formula is C15H26N4O. The van der Waals surface area contributed by atoms with Crippen molar-refractivity contribution in [1.29, 1.82) is 0 Å². The Bertz CT molecular complexity index is 385. The van der Waals surface area contributed by atoms with E-state index in [1.165, 1.54) is 12.8 Å². The van der Waals surface area contributed by atoms with Crippen molar-refractivity contribution in [3.8, 4) is 0 Å². The van der Waals surface area contributed by atoms with E-state index >= 15 is 0 Å². The van der Waals surface area contributed by atoms with Crippen LogP contribution < -0.4 is 10.6 Å². The Balaban J connectivity index is 1.57. The average Bonchev–Trinajstić information content (AvgIpc) is 2.97. The van der Waals surface area contributed by atoms with Gasteiger partial charge in [-0.15, -0.1) is 0 Å². The van der Waals surface area contributed by atoms with E-state index in [0.717, 1.165) is 38.5 Å². The van der Waals surface area contributed by atoms with Crippen molar-refractivity contribution in [2.24, 2.45) is 11.8 Å². The molecule has 2 heterocycles. The molecule has 0 aromatic carbocycles. The molecule has 2 N–H and O–H groups in total. The van der Waals surface area contributed by atoms with E-state index in [9.17, 15) is 4.79 Å². The maximum absolute atomic E-state index is 11.8. The first-order chi connectivity index (χ1) is 9.74. The standard InChI is InChI=1S/C15H26N4O/c1-13(11-19-9-8-17-12-19)10-18-15(20)3-2-14-4-6-16-7-5-14/h8-9,12-14,16H,2-7,10-11H2,1H3,(H,18,20). The number of aromatic nitrogens is 2. The first-order valence-corrected chi connectivity index (χ1v) is 7.67. The first-order valence-electron chi connectivity index (χ1n) is 7.67. The van der Waals surface area contributed by atoms with E-state index < -0.39 is 0 Å². The number of nitrogens with one attached hydrogen (secondary N) is 2. The Hall–Kier alpha value is -1.36. The summed E-state index contributed by atoms with van der Waals surface area (Å²) >= 11 is 0. The summed E-state index contributed by atoms with van der Waals surface area (Å²) in [6.45, 7) is 5.99. The van der Waals surface area contributed by atoms with Gasteiger partial charge in [-0.1, -0.05) is 6.92 Å². The number of nitrogens with zero attached hydrogens (tertiary/aromatic N) is 2. The summed E-state index contributed by atoms with van der Waals surface area (Å²) in [6, 6.07) is 0. The highest BCUT2D eigenvalue weighted by atomic mass is 16.1. The van der Waals surface area contributed by atoms with Gasteiger partial charge in [0.15, 0.2) is 0 Å². The number of carbonyl (C=O) groups is 1. The van der Waals surface area contributed by atoms with Gasteiger partial charge in [0, 0.05) is 31.9 Å². The van der Waals surface area contributed by atoms with Crippen LogP contribution in [0.25, 0.3) is 0 Å². The molecule has 112 valence electrons. The van der Waals surface area contributed by atoms with Crippen molar-refractivity contribution < 1.29 is 4.79 Å². The summed E-state index contributed by atoms with van der Waals surface area (Å²) in [5.74, 6) is 1.35. The molecule has 1 amide bonds. The van der Waals surface area contributed by atoms with E-state index in [1.807, 2.05) is 17.1 Å². The number of hydrogen-bond acceptors (Lipinski definition) is 3. The zero-order chi connectivity index (χ0) is 14.2. The maximum atomic E-state index is 11.8. The number of hydrogen-bond donors (Lipinski definition) is 2. The van der Waals surface area contributed by atoms with Gasteiger partial charge in [0.05, 0.1) is 6.33 Å². The Morgan fingerprint density at radius 3 is 3.00 bits per heavy atom. The third-order valence-electron chi connectivity index (χ3n) is 3.97. The van der Waals surface area contributed by atoms with Crippen LogP contribution in [-0.4, -0.2) is 35.1 Å². The largest absolute Gasteiger partial charge is 0.356 e. The van der Waals surface area contributed by atoms with Crippen molar-refractivity contribution in [2.45, 2.75) is 39.2 Å². The van der Waals surface area contributed by atoms with Crippen LogP contribution in [0.5, 0.6) is 0 Å². The summed E-state index contributed by atoms with van der Waals surface area (Å²) in [5.41, 5.74) is 0. The Morgan fingerprint density at radius 2 is 2.30 bits per heavy atom. The van der Waals surface area contributed by atoms with Gasteiger partial charge < -0.3 is 15.2 Å². The highest BCUT2D eigenvalue weighted by molar-refractivity contribution is 5.75. The second-order valence-electron chi connectivity index (χ2n) is 5.90. The van der Waals surface area contributed by atoms with Crippen molar-refractivity contribution in [3.63, 3.8) is 0 Å². The summed E-state index contributed by atoms with van der Waals surface area (Å²) in [6.07, 6.45) is 9.68. The fourth-order valence-electron chi connectivity index (χ4n) is 2.70. The monoisotopic (exact) mass is 278 g/mol. The number of piperidine rings is 1. The minimum absolute atomic E-state index is 0.195. The fourth-order valence-corrected chi connectivity index (χ4v) is 2.70.